The summed E-state index contributed by atoms with van der Waals surface area (Å²) in [4.78, 5) is 36.6. The van der Waals surface area contributed by atoms with Gasteiger partial charge in [0.1, 0.15) is 0 Å². The molecule has 0 bridgehead atoms. The molecule has 0 radical (unpaired) electrons. The van der Waals surface area contributed by atoms with E-state index >= 15 is 0 Å². The van der Waals surface area contributed by atoms with Crippen molar-refractivity contribution in [2.24, 2.45) is 0 Å². The normalized spacial score (nSPS) is 15.4. The first-order valence-corrected chi connectivity index (χ1v) is 21.6. The molecule has 0 aliphatic carbocycles. The highest BCUT2D eigenvalue weighted by Gasteiger charge is 2.40. The Balaban J connectivity index is 0.000000198. The van der Waals surface area contributed by atoms with Crippen LogP contribution < -0.4 is 20.4 Å². The number of rotatable bonds is 6. The Morgan fingerprint density at radius 2 is 1.03 bits per heavy atom. The van der Waals surface area contributed by atoms with Gasteiger partial charge < -0.3 is 20.4 Å². The van der Waals surface area contributed by atoms with Gasteiger partial charge in [-0.15, -0.1) is 0 Å². The van der Waals surface area contributed by atoms with Crippen LogP contribution in [0, 0.1) is 0 Å². The molecule has 8 rings (SSSR count). The Kier molecular flexibility index (Phi) is 14.4. The highest BCUT2D eigenvalue weighted by molar-refractivity contribution is 6.44. The Morgan fingerprint density at radius 3 is 1.53 bits per heavy atom. The van der Waals surface area contributed by atoms with Crippen molar-refractivity contribution in [2.45, 2.75) is 56.3 Å². The SMILES string of the molecule is O=C(NC1CCN(c2ccnc3c(C(F)(F)F)cccc23)CC1)c1cccc(Cl)c1Cl.O=C(NC1CCN(c2ccnc3cc(C(F)(F)F)cc(C(F)(F)F)c23)CC1)c1cccc(Cl)c1Cl. The second kappa shape index (κ2) is 19.5. The maximum absolute atomic E-state index is 13.8. The molecule has 2 N–H and O–H groups in total. The number of benzene rings is 4. The number of piperidine rings is 2. The number of anilines is 2. The number of alkyl halides is 9. The molecule has 0 atom stereocenters. The van der Waals surface area contributed by atoms with E-state index in [9.17, 15) is 49.1 Å². The summed E-state index contributed by atoms with van der Waals surface area (Å²) in [5, 5.41) is 6.76. The van der Waals surface area contributed by atoms with Crippen LogP contribution in [0.3, 0.4) is 0 Å². The fraction of sp³-hybridized carbons (Fsp3) is 0.289. The number of hydrogen-bond acceptors (Lipinski definition) is 6. The molecule has 2 aliphatic rings. The molecular formula is C45H35Cl4F9N6O2. The van der Waals surface area contributed by atoms with Crippen molar-refractivity contribution < 1.29 is 49.1 Å². The lowest BCUT2D eigenvalue weighted by molar-refractivity contribution is -0.142. The monoisotopic (exact) mass is 1000 g/mol. The molecule has 2 saturated heterocycles. The third kappa shape index (κ3) is 10.8. The second-order valence-corrected chi connectivity index (χ2v) is 17.0. The number of carbonyl (C=O) groups excluding carboxylic acids is 2. The van der Waals surface area contributed by atoms with Gasteiger partial charge in [-0.05, 0) is 80.3 Å². The number of hydrogen-bond donors (Lipinski definition) is 2. The largest absolute Gasteiger partial charge is 0.418 e. The molecule has 348 valence electrons. The molecule has 6 aromatic rings. The van der Waals surface area contributed by atoms with Crippen LogP contribution in [0.4, 0.5) is 50.9 Å². The van der Waals surface area contributed by atoms with Gasteiger partial charge in [0.25, 0.3) is 11.8 Å². The predicted molar refractivity (Wildman–Crippen MR) is 237 cm³/mol. The molecular weight excluding hydrogens is 969 g/mol. The third-order valence-corrected chi connectivity index (χ3v) is 12.9. The molecule has 2 amide bonds. The first-order valence-electron chi connectivity index (χ1n) is 20.1. The number of amides is 2. The minimum Gasteiger partial charge on any atom is -0.371 e. The average molecular weight is 1000 g/mol. The second-order valence-electron chi connectivity index (χ2n) is 15.4. The van der Waals surface area contributed by atoms with Crippen molar-refractivity contribution in [1.29, 1.82) is 0 Å². The number of nitrogens with zero attached hydrogens (tertiary/aromatic N) is 4. The van der Waals surface area contributed by atoms with Gasteiger partial charge in [0.15, 0.2) is 0 Å². The van der Waals surface area contributed by atoms with Gasteiger partial charge in [-0.25, -0.2) is 0 Å². The lowest BCUT2D eigenvalue weighted by atomic mass is 9.99. The average Bonchev–Trinajstić information content (AvgIpc) is 3.27. The van der Waals surface area contributed by atoms with E-state index in [1.165, 1.54) is 30.6 Å². The fourth-order valence-electron chi connectivity index (χ4n) is 8.00. The van der Waals surface area contributed by atoms with E-state index in [0.717, 1.165) is 6.07 Å². The van der Waals surface area contributed by atoms with Crippen LogP contribution in [0.1, 0.15) is 63.1 Å². The molecule has 0 unspecified atom stereocenters. The standard InChI is InChI=1S/C23H17Cl2F6N3O.C22H18Cl2F3N3O/c24-16-3-1-2-14(20(16)25)21(35)33-13-5-8-34(9-6-13)18-4-7-32-17-11-12(22(26,27)28)10-15(19(17)18)23(29,30)31;23-17-6-2-4-15(19(17)24)21(31)29-13-8-11-30(12-9-13)18-7-10-28-20-14(18)3-1-5-16(20)22(25,26)27/h1-4,7,10-11,13H,5-6,8-9H2,(H,33,35);1-7,10,13H,8-9,11-12H2,(H,29,31). The van der Waals surface area contributed by atoms with E-state index in [1.807, 2.05) is 4.90 Å². The third-order valence-electron chi connectivity index (χ3n) is 11.2. The summed E-state index contributed by atoms with van der Waals surface area (Å²) in [7, 11) is 0. The van der Waals surface area contributed by atoms with Crippen molar-refractivity contribution in [3.05, 3.63) is 139 Å². The zero-order valence-electron chi connectivity index (χ0n) is 34.0. The van der Waals surface area contributed by atoms with Crippen LogP contribution >= 0.6 is 46.4 Å². The molecule has 8 nitrogen and oxygen atoms in total. The number of halogens is 13. The molecule has 0 spiro atoms. The van der Waals surface area contributed by atoms with Gasteiger partial charge in [0.05, 0.1) is 58.9 Å². The summed E-state index contributed by atoms with van der Waals surface area (Å²) in [5.74, 6) is -0.723. The molecule has 2 aromatic heterocycles. The number of pyridine rings is 2. The smallest absolute Gasteiger partial charge is 0.371 e. The maximum Gasteiger partial charge on any atom is 0.418 e. The van der Waals surface area contributed by atoms with E-state index < -0.39 is 46.6 Å². The van der Waals surface area contributed by atoms with Gasteiger partial charge in [-0.1, -0.05) is 70.7 Å². The molecule has 2 fully saturated rings. The van der Waals surface area contributed by atoms with E-state index in [1.54, 1.807) is 47.4 Å². The number of para-hydroxylation sites is 1. The van der Waals surface area contributed by atoms with Crippen LogP contribution in [-0.4, -0.2) is 60.0 Å². The van der Waals surface area contributed by atoms with Crippen molar-refractivity contribution in [1.82, 2.24) is 20.6 Å². The van der Waals surface area contributed by atoms with Gasteiger partial charge >= 0.3 is 18.5 Å². The minimum absolute atomic E-state index is 0.0569. The Bertz CT molecular complexity index is 2770. The predicted octanol–water partition coefficient (Wildman–Crippen LogP) is 12.9. The van der Waals surface area contributed by atoms with E-state index in [2.05, 4.69) is 20.6 Å². The molecule has 21 heteroatoms. The first kappa shape index (κ1) is 48.7. The zero-order chi connectivity index (χ0) is 47.7. The number of aromatic nitrogens is 2. The highest BCUT2D eigenvalue weighted by atomic mass is 35.5. The summed E-state index contributed by atoms with van der Waals surface area (Å²) in [5.41, 5.74) is -2.63. The first-order chi connectivity index (χ1) is 31.1. The summed E-state index contributed by atoms with van der Waals surface area (Å²) in [6, 6.07) is 17.1. The van der Waals surface area contributed by atoms with Gasteiger partial charge in [0, 0.05) is 72.8 Å². The van der Waals surface area contributed by atoms with Crippen molar-refractivity contribution in [3.63, 3.8) is 0 Å². The van der Waals surface area contributed by atoms with Crippen molar-refractivity contribution in [2.75, 3.05) is 36.0 Å². The van der Waals surface area contributed by atoms with Crippen LogP contribution in [0.5, 0.6) is 0 Å². The van der Waals surface area contributed by atoms with E-state index in [0.29, 0.717) is 66.5 Å². The quantitative estimate of drug-likeness (QED) is 0.162. The molecule has 0 saturated carbocycles. The Hall–Kier alpha value is -5.23. The molecule has 4 aromatic carbocycles. The van der Waals surface area contributed by atoms with Crippen LogP contribution in [-0.2, 0) is 18.5 Å². The van der Waals surface area contributed by atoms with E-state index in [-0.39, 0.29) is 74.4 Å². The summed E-state index contributed by atoms with van der Waals surface area (Å²) >= 11 is 24.1. The topological polar surface area (TPSA) is 90.5 Å². The van der Waals surface area contributed by atoms with Crippen molar-refractivity contribution >= 4 is 91.4 Å². The van der Waals surface area contributed by atoms with Gasteiger partial charge in [0.2, 0.25) is 0 Å². The number of nitrogens with one attached hydrogen (secondary N) is 2. The summed E-state index contributed by atoms with van der Waals surface area (Å²) in [6.07, 6.45) is -9.75. The fourth-order valence-corrected chi connectivity index (χ4v) is 8.77. The van der Waals surface area contributed by atoms with Crippen LogP contribution in [0.15, 0.2) is 91.3 Å². The summed E-state index contributed by atoms with van der Waals surface area (Å²) < 4.78 is 121. The molecule has 4 heterocycles. The van der Waals surface area contributed by atoms with Crippen molar-refractivity contribution in [3.8, 4) is 0 Å². The Morgan fingerprint density at radius 1 is 0.561 bits per heavy atom. The number of fused-ring (bicyclic) bond motifs is 2. The molecule has 66 heavy (non-hydrogen) atoms. The van der Waals surface area contributed by atoms with Crippen LogP contribution in [0.2, 0.25) is 20.1 Å². The van der Waals surface area contributed by atoms with Gasteiger partial charge in [-0.2, -0.15) is 39.5 Å². The Labute approximate surface area is 391 Å². The van der Waals surface area contributed by atoms with Crippen LogP contribution in [0.25, 0.3) is 21.8 Å². The lowest BCUT2D eigenvalue weighted by Crippen LogP contribution is -2.45. The van der Waals surface area contributed by atoms with Gasteiger partial charge in [-0.3, -0.25) is 19.6 Å². The maximum atomic E-state index is 13.8. The highest BCUT2D eigenvalue weighted by Crippen LogP contribution is 2.43. The minimum atomic E-state index is -5.01. The number of carbonyl (C=O) groups is 2. The lowest BCUT2D eigenvalue weighted by Gasteiger charge is -2.35. The summed E-state index contributed by atoms with van der Waals surface area (Å²) in [6.45, 7) is 1.71. The molecule has 2 aliphatic heterocycles. The zero-order valence-corrected chi connectivity index (χ0v) is 37.0. The van der Waals surface area contributed by atoms with E-state index in [4.69, 9.17) is 46.4 Å².